The van der Waals surface area contributed by atoms with Crippen LogP contribution in [0.25, 0.3) is 10.8 Å². The zero-order chi connectivity index (χ0) is 14.7. The van der Waals surface area contributed by atoms with E-state index in [9.17, 15) is 5.26 Å². The number of hydrogen-bond donors (Lipinski definition) is 0. The summed E-state index contributed by atoms with van der Waals surface area (Å²) in [7, 11) is 1.64. The maximum Gasteiger partial charge on any atom is 0.118 e. The van der Waals surface area contributed by atoms with E-state index in [0.717, 1.165) is 22.3 Å². The average Bonchev–Trinajstić information content (AvgIpc) is 2.56. The molecule has 0 aliphatic carbocycles. The van der Waals surface area contributed by atoms with Gasteiger partial charge in [0.25, 0.3) is 0 Å². The first kappa shape index (κ1) is 13.2. The van der Waals surface area contributed by atoms with Crippen LogP contribution in [0.1, 0.15) is 17.0 Å². The summed E-state index contributed by atoms with van der Waals surface area (Å²) in [5.41, 5.74) is 2.00. The third-order valence-corrected chi connectivity index (χ3v) is 3.69. The van der Waals surface area contributed by atoms with Crippen LogP contribution in [0.4, 0.5) is 0 Å². The molecule has 1 atom stereocenters. The molecule has 0 amide bonds. The Morgan fingerprint density at radius 3 is 2.19 bits per heavy atom. The van der Waals surface area contributed by atoms with Crippen molar-refractivity contribution >= 4 is 10.8 Å². The summed E-state index contributed by atoms with van der Waals surface area (Å²) in [4.78, 5) is 0. The van der Waals surface area contributed by atoms with Crippen molar-refractivity contribution in [3.63, 3.8) is 0 Å². The highest BCUT2D eigenvalue weighted by Gasteiger charge is 2.13. The minimum absolute atomic E-state index is 0.263. The van der Waals surface area contributed by atoms with E-state index in [1.54, 1.807) is 7.11 Å². The zero-order valence-electron chi connectivity index (χ0n) is 11.8. The summed E-state index contributed by atoms with van der Waals surface area (Å²) < 4.78 is 5.16. The van der Waals surface area contributed by atoms with Gasteiger partial charge in [-0.25, -0.2) is 0 Å². The van der Waals surface area contributed by atoms with Crippen LogP contribution in [0.15, 0.2) is 66.7 Å². The van der Waals surface area contributed by atoms with Crippen molar-refractivity contribution in [2.45, 2.75) is 5.92 Å². The van der Waals surface area contributed by atoms with Gasteiger partial charge in [0.1, 0.15) is 5.75 Å². The van der Waals surface area contributed by atoms with Crippen LogP contribution in [0.5, 0.6) is 5.75 Å². The fourth-order valence-corrected chi connectivity index (χ4v) is 2.53. The number of benzene rings is 3. The van der Waals surface area contributed by atoms with Gasteiger partial charge in [0, 0.05) is 0 Å². The number of rotatable bonds is 3. The van der Waals surface area contributed by atoms with E-state index in [-0.39, 0.29) is 5.92 Å². The first-order valence-corrected chi connectivity index (χ1v) is 6.84. The number of methoxy groups -OCH3 is 1. The molecule has 0 N–H and O–H groups in total. The van der Waals surface area contributed by atoms with Gasteiger partial charge >= 0.3 is 0 Å². The van der Waals surface area contributed by atoms with E-state index >= 15 is 0 Å². The van der Waals surface area contributed by atoms with E-state index in [2.05, 4.69) is 30.3 Å². The fourth-order valence-electron chi connectivity index (χ4n) is 2.53. The molecule has 0 saturated carbocycles. The van der Waals surface area contributed by atoms with Crippen LogP contribution in [-0.4, -0.2) is 7.11 Å². The number of hydrogen-bond acceptors (Lipinski definition) is 2. The second kappa shape index (κ2) is 5.68. The fraction of sp³-hybridized carbons (Fsp3) is 0.105. The van der Waals surface area contributed by atoms with Crippen molar-refractivity contribution < 1.29 is 4.74 Å². The predicted octanol–water partition coefficient (Wildman–Crippen LogP) is 4.50. The normalized spacial score (nSPS) is 11.8. The quantitative estimate of drug-likeness (QED) is 0.703. The van der Waals surface area contributed by atoms with Crippen molar-refractivity contribution in [3.8, 4) is 11.8 Å². The number of nitrogens with zero attached hydrogens (tertiary/aromatic N) is 1. The lowest BCUT2D eigenvalue weighted by Gasteiger charge is -2.11. The van der Waals surface area contributed by atoms with Crippen molar-refractivity contribution in [3.05, 3.63) is 77.9 Å². The van der Waals surface area contributed by atoms with E-state index in [4.69, 9.17) is 4.74 Å². The molecule has 3 rings (SSSR count). The number of nitriles is 1. The van der Waals surface area contributed by atoms with Crippen LogP contribution in [0.2, 0.25) is 0 Å². The van der Waals surface area contributed by atoms with Crippen molar-refractivity contribution in [2.24, 2.45) is 0 Å². The van der Waals surface area contributed by atoms with Crippen LogP contribution < -0.4 is 4.74 Å². The molecule has 102 valence electrons. The van der Waals surface area contributed by atoms with Gasteiger partial charge in [0.05, 0.1) is 19.1 Å². The summed E-state index contributed by atoms with van der Waals surface area (Å²) in [6, 6.07) is 24.4. The van der Waals surface area contributed by atoms with Crippen LogP contribution in [0.3, 0.4) is 0 Å². The molecule has 0 aromatic heterocycles. The Morgan fingerprint density at radius 2 is 1.52 bits per heavy atom. The first-order chi connectivity index (χ1) is 10.3. The molecule has 0 aliphatic heterocycles. The van der Waals surface area contributed by atoms with E-state index in [1.807, 2.05) is 42.5 Å². The molecule has 2 nitrogen and oxygen atoms in total. The molecule has 2 heteroatoms. The Balaban J connectivity index is 2.02. The third kappa shape index (κ3) is 2.59. The van der Waals surface area contributed by atoms with Crippen LogP contribution >= 0.6 is 0 Å². The van der Waals surface area contributed by atoms with Crippen LogP contribution in [-0.2, 0) is 0 Å². The largest absolute Gasteiger partial charge is 0.497 e. The van der Waals surface area contributed by atoms with Crippen molar-refractivity contribution in [1.29, 1.82) is 5.26 Å². The van der Waals surface area contributed by atoms with Gasteiger partial charge in [-0.1, -0.05) is 48.5 Å². The standard InChI is InChI=1S/C19H15NO/c1-21-18-10-8-15(9-11-18)19(13-20)17-7-6-14-4-2-3-5-16(14)12-17/h2-12,19H,1H3. The molecule has 3 aromatic rings. The van der Waals surface area contributed by atoms with E-state index < -0.39 is 0 Å². The van der Waals surface area contributed by atoms with Gasteiger partial charge in [0.2, 0.25) is 0 Å². The average molecular weight is 273 g/mol. The molecule has 3 aromatic carbocycles. The number of fused-ring (bicyclic) bond motifs is 1. The van der Waals surface area contributed by atoms with E-state index in [0.29, 0.717) is 0 Å². The van der Waals surface area contributed by atoms with Gasteiger partial charge in [-0.3, -0.25) is 0 Å². The molecular weight excluding hydrogens is 258 g/mol. The summed E-state index contributed by atoms with van der Waals surface area (Å²) >= 11 is 0. The lowest BCUT2D eigenvalue weighted by atomic mass is 9.91. The monoisotopic (exact) mass is 273 g/mol. The Labute approximate surface area is 124 Å². The molecule has 1 unspecified atom stereocenters. The minimum atomic E-state index is -0.263. The molecule has 0 radical (unpaired) electrons. The maximum atomic E-state index is 9.55. The van der Waals surface area contributed by atoms with Gasteiger partial charge < -0.3 is 4.74 Å². The molecular formula is C19H15NO. The highest BCUT2D eigenvalue weighted by atomic mass is 16.5. The van der Waals surface area contributed by atoms with Crippen LogP contribution in [0, 0.1) is 11.3 Å². The molecule has 0 spiro atoms. The second-order valence-electron chi connectivity index (χ2n) is 4.94. The second-order valence-corrected chi connectivity index (χ2v) is 4.94. The molecule has 0 bridgehead atoms. The van der Waals surface area contributed by atoms with Crippen molar-refractivity contribution in [1.82, 2.24) is 0 Å². The summed E-state index contributed by atoms with van der Waals surface area (Å²) in [6.07, 6.45) is 0. The lowest BCUT2D eigenvalue weighted by molar-refractivity contribution is 0.414. The maximum absolute atomic E-state index is 9.55. The minimum Gasteiger partial charge on any atom is -0.497 e. The Hall–Kier alpha value is -2.79. The van der Waals surface area contributed by atoms with Gasteiger partial charge in [-0.2, -0.15) is 5.26 Å². The Kier molecular flexibility index (Phi) is 3.57. The Morgan fingerprint density at radius 1 is 0.857 bits per heavy atom. The first-order valence-electron chi connectivity index (χ1n) is 6.84. The van der Waals surface area contributed by atoms with Crippen molar-refractivity contribution in [2.75, 3.05) is 7.11 Å². The molecule has 21 heavy (non-hydrogen) atoms. The van der Waals surface area contributed by atoms with Gasteiger partial charge in [-0.05, 0) is 40.1 Å². The number of ether oxygens (including phenoxy) is 1. The third-order valence-electron chi connectivity index (χ3n) is 3.69. The Bertz CT molecular complexity index is 800. The summed E-state index contributed by atoms with van der Waals surface area (Å²) in [6.45, 7) is 0. The molecule has 0 fully saturated rings. The predicted molar refractivity (Wildman–Crippen MR) is 84.4 cm³/mol. The van der Waals surface area contributed by atoms with E-state index in [1.165, 1.54) is 5.39 Å². The zero-order valence-corrected chi connectivity index (χ0v) is 11.8. The topological polar surface area (TPSA) is 33.0 Å². The SMILES string of the molecule is COc1ccc(C(C#N)c2ccc3ccccc3c2)cc1. The van der Waals surface area contributed by atoms with Gasteiger partial charge in [0.15, 0.2) is 0 Å². The molecule has 0 saturated heterocycles. The van der Waals surface area contributed by atoms with Gasteiger partial charge in [-0.15, -0.1) is 0 Å². The highest BCUT2D eigenvalue weighted by molar-refractivity contribution is 5.83. The molecule has 0 aliphatic rings. The molecule has 0 heterocycles. The smallest absolute Gasteiger partial charge is 0.118 e. The highest BCUT2D eigenvalue weighted by Crippen LogP contribution is 2.28. The summed E-state index contributed by atoms with van der Waals surface area (Å²) in [5, 5.41) is 11.9. The lowest BCUT2D eigenvalue weighted by Crippen LogP contribution is -1.98. The summed E-state index contributed by atoms with van der Waals surface area (Å²) in [5.74, 6) is 0.537.